The van der Waals surface area contributed by atoms with Crippen molar-refractivity contribution in [3.8, 4) is 17.2 Å². The molecule has 2 aromatic rings. The quantitative estimate of drug-likeness (QED) is 0.793. The zero-order chi connectivity index (χ0) is 19.7. The highest BCUT2D eigenvalue weighted by Gasteiger charge is 2.23. The minimum atomic E-state index is -3.68. The summed E-state index contributed by atoms with van der Waals surface area (Å²) in [5.74, 6) is 1.94. The van der Waals surface area contributed by atoms with Crippen LogP contribution in [0.15, 0.2) is 41.3 Å². The molecule has 4 rings (SSSR count). The van der Waals surface area contributed by atoms with Gasteiger partial charge in [-0.3, -0.25) is 0 Å². The van der Waals surface area contributed by atoms with Crippen molar-refractivity contribution in [2.75, 3.05) is 40.5 Å². The number of sulfonamides is 1. The molecule has 7 nitrogen and oxygen atoms in total. The Morgan fingerprint density at radius 3 is 2.46 bits per heavy atom. The maximum absolute atomic E-state index is 12.8. The van der Waals surface area contributed by atoms with Crippen LogP contribution in [0.4, 0.5) is 0 Å². The highest BCUT2D eigenvalue weighted by molar-refractivity contribution is 7.89. The van der Waals surface area contributed by atoms with Gasteiger partial charge in [0.05, 0.1) is 11.5 Å². The molecule has 2 aliphatic heterocycles. The maximum atomic E-state index is 12.8. The van der Waals surface area contributed by atoms with Crippen LogP contribution in [0, 0.1) is 0 Å². The third-order valence-electron chi connectivity index (χ3n) is 5.01. The molecule has 0 amide bonds. The number of hydrogen-bond donors (Lipinski definition) is 1. The van der Waals surface area contributed by atoms with Crippen LogP contribution in [0.1, 0.15) is 17.2 Å². The average molecular weight is 404 g/mol. The Morgan fingerprint density at radius 1 is 0.964 bits per heavy atom. The van der Waals surface area contributed by atoms with Gasteiger partial charge in [-0.15, -0.1) is 0 Å². The largest absolute Gasteiger partial charge is 0.493 e. The average Bonchev–Trinajstić information content (AvgIpc) is 3.15. The van der Waals surface area contributed by atoms with Gasteiger partial charge in [0.2, 0.25) is 10.0 Å². The van der Waals surface area contributed by atoms with Gasteiger partial charge >= 0.3 is 0 Å². The molecule has 0 spiro atoms. The van der Waals surface area contributed by atoms with Gasteiger partial charge in [0, 0.05) is 25.1 Å². The Bertz CT molecular complexity index is 975. The molecule has 0 saturated carbocycles. The van der Waals surface area contributed by atoms with E-state index in [-0.39, 0.29) is 17.5 Å². The number of fused-ring (bicyclic) bond motifs is 2. The van der Waals surface area contributed by atoms with Crippen molar-refractivity contribution in [3.63, 3.8) is 0 Å². The lowest BCUT2D eigenvalue weighted by Gasteiger charge is -2.25. The number of benzene rings is 2. The van der Waals surface area contributed by atoms with Gasteiger partial charge < -0.3 is 19.1 Å². The molecule has 28 heavy (non-hydrogen) atoms. The van der Waals surface area contributed by atoms with E-state index < -0.39 is 10.0 Å². The SMILES string of the molecule is CN(C)C(CNS(=O)(=O)c1ccc2c(c1)OCCO2)c1ccc2c(c1)CCO2. The van der Waals surface area contributed by atoms with E-state index in [1.54, 1.807) is 6.07 Å². The van der Waals surface area contributed by atoms with Gasteiger partial charge in [-0.25, -0.2) is 13.1 Å². The van der Waals surface area contributed by atoms with Crippen LogP contribution in [0.5, 0.6) is 17.2 Å². The molecule has 0 aromatic heterocycles. The zero-order valence-corrected chi connectivity index (χ0v) is 16.8. The molecular formula is C20H24N2O5S. The number of hydrogen-bond acceptors (Lipinski definition) is 6. The first kappa shape index (κ1) is 19.0. The van der Waals surface area contributed by atoms with Crippen LogP contribution in [0.25, 0.3) is 0 Å². The lowest BCUT2D eigenvalue weighted by atomic mass is 10.0. The Hall–Kier alpha value is -2.29. The number of ether oxygens (including phenoxy) is 3. The molecule has 150 valence electrons. The van der Waals surface area contributed by atoms with E-state index in [2.05, 4.69) is 10.8 Å². The number of likely N-dealkylation sites (N-methyl/N-ethyl adjacent to an activating group) is 1. The first-order chi connectivity index (χ1) is 13.4. The Labute approximate surface area is 165 Å². The predicted octanol–water partition coefficient (Wildman–Crippen LogP) is 1.97. The van der Waals surface area contributed by atoms with Crippen molar-refractivity contribution in [1.29, 1.82) is 0 Å². The molecule has 1 N–H and O–H groups in total. The Balaban J connectivity index is 1.52. The molecule has 1 unspecified atom stereocenters. The third kappa shape index (κ3) is 3.80. The van der Waals surface area contributed by atoms with Gasteiger partial charge in [0.1, 0.15) is 19.0 Å². The van der Waals surface area contributed by atoms with Crippen LogP contribution in [-0.4, -0.2) is 53.8 Å². The molecule has 0 bridgehead atoms. The van der Waals surface area contributed by atoms with Crippen LogP contribution in [0.2, 0.25) is 0 Å². The number of rotatable bonds is 6. The monoisotopic (exact) mass is 404 g/mol. The molecular weight excluding hydrogens is 380 g/mol. The summed E-state index contributed by atoms with van der Waals surface area (Å²) in [6, 6.07) is 10.6. The van der Waals surface area contributed by atoms with E-state index in [1.807, 2.05) is 31.1 Å². The molecule has 0 aliphatic carbocycles. The van der Waals surface area contributed by atoms with Crippen molar-refractivity contribution in [1.82, 2.24) is 9.62 Å². The van der Waals surface area contributed by atoms with Crippen molar-refractivity contribution < 1.29 is 22.6 Å². The molecule has 0 fully saturated rings. The van der Waals surface area contributed by atoms with Crippen LogP contribution < -0.4 is 18.9 Å². The van der Waals surface area contributed by atoms with E-state index in [1.165, 1.54) is 17.7 Å². The highest BCUT2D eigenvalue weighted by atomic mass is 32.2. The first-order valence-corrected chi connectivity index (χ1v) is 10.7. The number of nitrogens with zero attached hydrogens (tertiary/aromatic N) is 1. The van der Waals surface area contributed by atoms with Gasteiger partial charge in [-0.05, 0) is 43.4 Å². The van der Waals surface area contributed by atoms with E-state index in [0.717, 1.165) is 17.7 Å². The van der Waals surface area contributed by atoms with Gasteiger partial charge in [0.15, 0.2) is 11.5 Å². The Morgan fingerprint density at radius 2 is 1.68 bits per heavy atom. The molecule has 0 radical (unpaired) electrons. The van der Waals surface area contributed by atoms with Gasteiger partial charge in [-0.2, -0.15) is 0 Å². The van der Waals surface area contributed by atoms with Crippen LogP contribution in [0.3, 0.4) is 0 Å². The van der Waals surface area contributed by atoms with Gasteiger partial charge in [0.25, 0.3) is 0 Å². The minimum Gasteiger partial charge on any atom is -0.493 e. The fraction of sp³-hybridized carbons (Fsp3) is 0.400. The smallest absolute Gasteiger partial charge is 0.240 e. The fourth-order valence-corrected chi connectivity index (χ4v) is 4.53. The molecule has 1 atom stereocenters. The summed E-state index contributed by atoms with van der Waals surface area (Å²) in [5, 5.41) is 0. The van der Waals surface area contributed by atoms with Crippen molar-refractivity contribution in [2.45, 2.75) is 17.4 Å². The maximum Gasteiger partial charge on any atom is 0.240 e. The second kappa shape index (κ2) is 7.62. The van der Waals surface area contributed by atoms with Crippen LogP contribution >= 0.6 is 0 Å². The standard InChI is InChI=1S/C20H24N2O5S/c1-22(2)17(14-3-5-18-15(11-14)7-8-25-18)13-21-28(23,24)16-4-6-19-20(12-16)27-10-9-26-19/h3-6,11-12,17,21H,7-10,13H2,1-2H3. The molecule has 8 heteroatoms. The summed E-state index contributed by atoms with van der Waals surface area (Å²) < 4.78 is 44.9. The van der Waals surface area contributed by atoms with Crippen molar-refractivity contribution in [3.05, 3.63) is 47.5 Å². The Kier molecular flexibility index (Phi) is 5.18. The third-order valence-corrected chi connectivity index (χ3v) is 6.43. The summed E-state index contributed by atoms with van der Waals surface area (Å²) in [7, 11) is 0.196. The predicted molar refractivity (Wildman–Crippen MR) is 105 cm³/mol. The first-order valence-electron chi connectivity index (χ1n) is 9.25. The van der Waals surface area contributed by atoms with Gasteiger partial charge in [-0.1, -0.05) is 12.1 Å². The summed E-state index contributed by atoms with van der Waals surface area (Å²) >= 11 is 0. The molecule has 2 heterocycles. The van der Waals surface area contributed by atoms with E-state index in [9.17, 15) is 8.42 Å². The summed E-state index contributed by atoms with van der Waals surface area (Å²) in [6.45, 7) is 1.83. The fourth-order valence-electron chi connectivity index (χ4n) is 3.48. The topological polar surface area (TPSA) is 77.1 Å². The number of nitrogens with one attached hydrogen (secondary N) is 1. The van der Waals surface area contributed by atoms with Crippen LogP contribution in [-0.2, 0) is 16.4 Å². The van der Waals surface area contributed by atoms with Crippen molar-refractivity contribution in [2.24, 2.45) is 0 Å². The van der Waals surface area contributed by atoms with Crippen molar-refractivity contribution >= 4 is 10.0 Å². The summed E-state index contributed by atoms with van der Waals surface area (Å²) in [6.07, 6.45) is 0.881. The molecule has 2 aliphatic rings. The summed E-state index contributed by atoms with van der Waals surface area (Å²) in [5.41, 5.74) is 2.22. The second-order valence-corrected chi connectivity index (χ2v) is 8.87. The highest BCUT2D eigenvalue weighted by Crippen LogP contribution is 2.33. The second-order valence-electron chi connectivity index (χ2n) is 7.10. The molecule has 2 aromatic carbocycles. The van der Waals surface area contributed by atoms with E-state index >= 15 is 0 Å². The minimum absolute atomic E-state index is 0.0992. The lowest BCUT2D eigenvalue weighted by molar-refractivity contribution is 0.171. The lowest BCUT2D eigenvalue weighted by Crippen LogP contribution is -2.34. The summed E-state index contributed by atoms with van der Waals surface area (Å²) in [4.78, 5) is 2.17. The molecule has 0 saturated heterocycles. The zero-order valence-electron chi connectivity index (χ0n) is 16.0. The van der Waals surface area contributed by atoms with E-state index in [4.69, 9.17) is 14.2 Å². The normalized spacial score (nSPS) is 16.5. The van der Waals surface area contributed by atoms with E-state index in [0.29, 0.717) is 31.3 Å².